The number of nitrogens with zero attached hydrogens (tertiary/aromatic N) is 3. The lowest BCUT2D eigenvalue weighted by Gasteiger charge is -2.40. The normalized spacial score (nSPS) is 20.6. The van der Waals surface area contributed by atoms with Crippen LogP contribution in [-0.2, 0) is 4.74 Å². The van der Waals surface area contributed by atoms with Crippen molar-refractivity contribution in [1.82, 2.24) is 15.3 Å². The van der Waals surface area contributed by atoms with Crippen LogP contribution in [0.4, 0.5) is 23.7 Å². The molecule has 0 aliphatic carbocycles. The van der Waals surface area contributed by atoms with Crippen LogP contribution in [-0.4, -0.2) is 47.0 Å². The largest absolute Gasteiger partial charge is 0.444 e. The van der Waals surface area contributed by atoms with Crippen LogP contribution >= 0.6 is 11.6 Å². The Balaban J connectivity index is 1.90. The van der Waals surface area contributed by atoms with Crippen LogP contribution in [0, 0.1) is 5.92 Å². The van der Waals surface area contributed by atoms with E-state index < -0.39 is 29.8 Å². The maximum atomic E-state index is 13.6. The number of piperidine rings is 1. The topological polar surface area (TPSA) is 67.3 Å². The van der Waals surface area contributed by atoms with Gasteiger partial charge in [0.05, 0.1) is 23.8 Å². The first-order chi connectivity index (χ1) is 13.4. The molecule has 2 aromatic rings. The van der Waals surface area contributed by atoms with Gasteiger partial charge in [-0.25, -0.2) is 9.78 Å². The van der Waals surface area contributed by atoms with E-state index in [1.54, 1.807) is 44.0 Å². The zero-order chi connectivity index (χ0) is 21.4. The highest BCUT2D eigenvalue weighted by Crippen LogP contribution is 2.37. The summed E-state index contributed by atoms with van der Waals surface area (Å²) >= 11 is 6.08. The van der Waals surface area contributed by atoms with Gasteiger partial charge in [0.2, 0.25) is 0 Å². The monoisotopic (exact) mass is 430 g/mol. The summed E-state index contributed by atoms with van der Waals surface area (Å²) in [6, 6.07) is 2.68. The number of carbonyl (C=O) groups excluding carboxylic acids is 1. The number of ether oxygens (including phenoxy) is 1. The standard InChI is InChI=1S/C19H22ClF3N4O2/c1-18(2,3)29-17(28)26-12-7-11(19(21,22)23)9-27(10-12)14-8-25-16(20)15-13(14)5-4-6-24-15/h4-6,8,11-12H,7,9-10H2,1-3H3,(H,26,28). The van der Waals surface area contributed by atoms with E-state index in [-0.39, 0.29) is 24.7 Å². The number of aromatic nitrogens is 2. The molecule has 0 saturated carbocycles. The molecule has 3 rings (SSSR count). The molecule has 3 heterocycles. The molecule has 10 heteroatoms. The van der Waals surface area contributed by atoms with Gasteiger partial charge in [-0.3, -0.25) is 4.98 Å². The number of carbonyl (C=O) groups is 1. The number of pyridine rings is 2. The van der Waals surface area contributed by atoms with Crippen LogP contribution in [0.1, 0.15) is 27.2 Å². The van der Waals surface area contributed by atoms with E-state index in [9.17, 15) is 18.0 Å². The van der Waals surface area contributed by atoms with Crippen molar-refractivity contribution in [2.45, 2.75) is 45.0 Å². The molecule has 0 spiro atoms. The van der Waals surface area contributed by atoms with Crippen LogP contribution in [0.5, 0.6) is 0 Å². The molecule has 1 aliphatic heterocycles. The Morgan fingerprint density at radius 2 is 2.00 bits per heavy atom. The average Bonchev–Trinajstić information content (AvgIpc) is 2.59. The van der Waals surface area contributed by atoms with E-state index in [0.29, 0.717) is 16.6 Å². The average molecular weight is 431 g/mol. The van der Waals surface area contributed by atoms with Crippen molar-refractivity contribution in [2.75, 3.05) is 18.0 Å². The Labute approximate surface area is 171 Å². The molecule has 0 aromatic carbocycles. The van der Waals surface area contributed by atoms with E-state index in [1.807, 2.05) is 0 Å². The molecular weight excluding hydrogens is 409 g/mol. The van der Waals surface area contributed by atoms with E-state index in [1.165, 1.54) is 6.20 Å². The SMILES string of the molecule is CC(C)(C)OC(=O)NC1CC(C(F)(F)F)CN(c2cnc(Cl)c3ncccc23)C1. The zero-order valence-corrected chi connectivity index (χ0v) is 17.0. The summed E-state index contributed by atoms with van der Waals surface area (Å²) in [5, 5.41) is 3.35. The van der Waals surface area contributed by atoms with Crippen LogP contribution in [0.3, 0.4) is 0 Å². The Hall–Kier alpha value is -2.29. The van der Waals surface area contributed by atoms with Gasteiger partial charge < -0.3 is 15.0 Å². The first kappa shape index (κ1) is 21.4. The maximum Gasteiger partial charge on any atom is 0.407 e. The molecule has 2 unspecified atom stereocenters. The molecule has 1 saturated heterocycles. The molecule has 1 N–H and O–H groups in total. The highest BCUT2D eigenvalue weighted by molar-refractivity contribution is 6.34. The Morgan fingerprint density at radius 3 is 2.66 bits per heavy atom. The molecule has 0 bridgehead atoms. The molecule has 1 aliphatic rings. The van der Waals surface area contributed by atoms with Gasteiger partial charge in [0.15, 0.2) is 5.15 Å². The lowest BCUT2D eigenvalue weighted by molar-refractivity contribution is -0.177. The summed E-state index contributed by atoms with van der Waals surface area (Å²) in [4.78, 5) is 21.9. The minimum Gasteiger partial charge on any atom is -0.444 e. The van der Waals surface area contributed by atoms with E-state index in [4.69, 9.17) is 16.3 Å². The van der Waals surface area contributed by atoms with Gasteiger partial charge in [-0.1, -0.05) is 11.6 Å². The third-order valence-electron chi connectivity index (χ3n) is 4.55. The molecule has 1 fully saturated rings. The smallest absolute Gasteiger partial charge is 0.407 e. The summed E-state index contributed by atoms with van der Waals surface area (Å²) in [6.07, 6.45) is -2.39. The van der Waals surface area contributed by atoms with Crippen molar-refractivity contribution in [1.29, 1.82) is 0 Å². The number of nitrogens with one attached hydrogen (secondary N) is 1. The van der Waals surface area contributed by atoms with E-state index in [2.05, 4.69) is 15.3 Å². The van der Waals surface area contributed by atoms with Crippen molar-refractivity contribution >= 4 is 34.3 Å². The second-order valence-electron chi connectivity index (χ2n) is 8.06. The number of hydrogen-bond donors (Lipinski definition) is 1. The number of alkyl halides is 3. The summed E-state index contributed by atoms with van der Waals surface area (Å²) in [5.41, 5.74) is 0.156. The van der Waals surface area contributed by atoms with Crippen LogP contribution < -0.4 is 10.2 Å². The fraction of sp³-hybridized carbons (Fsp3) is 0.526. The van der Waals surface area contributed by atoms with Crippen molar-refractivity contribution < 1.29 is 22.7 Å². The number of hydrogen-bond acceptors (Lipinski definition) is 5. The van der Waals surface area contributed by atoms with Crippen LogP contribution in [0.2, 0.25) is 5.15 Å². The van der Waals surface area contributed by atoms with Gasteiger partial charge in [-0.2, -0.15) is 13.2 Å². The number of alkyl carbamates (subject to hydrolysis) is 1. The minimum atomic E-state index is -4.40. The highest BCUT2D eigenvalue weighted by Gasteiger charge is 2.45. The third kappa shape index (κ3) is 5.20. The first-order valence-electron chi connectivity index (χ1n) is 9.14. The lowest BCUT2D eigenvalue weighted by atomic mass is 9.93. The van der Waals surface area contributed by atoms with Gasteiger partial charge in [-0.05, 0) is 39.3 Å². The van der Waals surface area contributed by atoms with Crippen molar-refractivity contribution in [3.63, 3.8) is 0 Å². The number of rotatable bonds is 2. The summed E-state index contributed by atoms with van der Waals surface area (Å²) < 4.78 is 45.9. The van der Waals surface area contributed by atoms with Gasteiger partial charge in [0.1, 0.15) is 11.1 Å². The molecule has 158 valence electrons. The Kier molecular flexibility index (Phi) is 5.80. The second kappa shape index (κ2) is 7.85. The third-order valence-corrected chi connectivity index (χ3v) is 4.83. The van der Waals surface area contributed by atoms with Crippen molar-refractivity contribution in [2.24, 2.45) is 5.92 Å². The van der Waals surface area contributed by atoms with Crippen molar-refractivity contribution in [3.05, 3.63) is 29.7 Å². The van der Waals surface area contributed by atoms with Crippen LogP contribution in [0.25, 0.3) is 10.9 Å². The van der Waals surface area contributed by atoms with E-state index >= 15 is 0 Å². The number of anilines is 1. The molecule has 2 atom stereocenters. The predicted molar refractivity (Wildman–Crippen MR) is 104 cm³/mol. The van der Waals surface area contributed by atoms with Gasteiger partial charge in [0.25, 0.3) is 0 Å². The molecule has 29 heavy (non-hydrogen) atoms. The molecule has 0 radical (unpaired) electrons. The number of amides is 1. The van der Waals surface area contributed by atoms with Crippen LogP contribution in [0.15, 0.2) is 24.5 Å². The molecular formula is C19H22ClF3N4O2. The molecule has 2 aromatic heterocycles. The van der Waals surface area contributed by atoms with Gasteiger partial charge >= 0.3 is 12.3 Å². The maximum absolute atomic E-state index is 13.6. The lowest BCUT2D eigenvalue weighted by Crippen LogP contribution is -2.54. The predicted octanol–water partition coefficient (Wildman–Crippen LogP) is 4.57. The number of halogens is 4. The number of fused-ring (bicyclic) bond motifs is 1. The molecule has 6 nitrogen and oxygen atoms in total. The Morgan fingerprint density at radius 1 is 1.28 bits per heavy atom. The summed E-state index contributed by atoms with van der Waals surface area (Å²) in [6.45, 7) is 5.01. The highest BCUT2D eigenvalue weighted by atomic mass is 35.5. The Bertz CT molecular complexity index is 901. The summed E-state index contributed by atoms with van der Waals surface area (Å²) in [7, 11) is 0. The minimum absolute atomic E-state index is 0.178. The first-order valence-corrected chi connectivity index (χ1v) is 9.52. The fourth-order valence-corrected chi connectivity index (χ4v) is 3.59. The zero-order valence-electron chi connectivity index (χ0n) is 16.3. The fourth-order valence-electron chi connectivity index (χ4n) is 3.39. The van der Waals surface area contributed by atoms with Crippen molar-refractivity contribution in [3.8, 4) is 0 Å². The molecule has 1 amide bonds. The summed E-state index contributed by atoms with van der Waals surface area (Å²) in [5.74, 6) is -1.61. The van der Waals surface area contributed by atoms with E-state index in [0.717, 1.165) is 0 Å². The van der Waals surface area contributed by atoms with Gasteiger partial charge in [0, 0.05) is 24.7 Å². The van der Waals surface area contributed by atoms with Gasteiger partial charge in [-0.15, -0.1) is 0 Å². The quantitative estimate of drug-likeness (QED) is 0.707. The second-order valence-corrected chi connectivity index (χ2v) is 8.41.